The Morgan fingerprint density at radius 2 is 1.89 bits per heavy atom. The Labute approximate surface area is 113 Å². The van der Waals surface area contributed by atoms with Gasteiger partial charge in [0.05, 0.1) is 0 Å². The van der Waals surface area contributed by atoms with Crippen molar-refractivity contribution in [3.05, 3.63) is 58.9 Å². The average Bonchev–Trinajstić information content (AvgIpc) is 2.88. The second-order valence-electron chi connectivity index (χ2n) is 4.44. The maximum absolute atomic E-state index is 12.1. The molecule has 1 heterocycles. The Morgan fingerprint density at radius 1 is 1.16 bits per heavy atom. The molecule has 100 valence electrons. The van der Waals surface area contributed by atoms with Crippen LogP contribution >= 0.6 is 0 Å². The molecule has 1 N–H and O–H groups in total. The second-order valence-corrected chi connectivity index (χ2v) is 4.44. The zero-order chi connectivity index (χ0) is 13.7. The number of H-pyrrole nitrogens is 1. The number of esters is 1. The van der Waals surface area contributed by atoms with Crippen molar-refractivity contribution in [2.45, 2.75) is 33.3 Å². The molecule has 0 amide bonds. The highest BCUT2D eigenvalue weighted by Crippen LogP contribution is 2.17. The van der Waals surface area contributed by atoms with Crippen LogP contribution < -0.4 is 0 Å². The normalized spacial score (nSPS) is 10.4. The third kappa shape index (κ3) is 3.05. The summed E-state index contributed by atoms with van der Waals surface area (Å²) in [6, 6.07) is 9.70. The minimum Gasteiger partial charge on any atom is -0.456 e. The summed E-state index contributed by atoms with van der Waals surface area (Å²) in [6.07, 6.45) is 3.66. The van der Waals surface area contributed by atoms with Gasteiger partial charge >= 0.3 is 5.97 Å². The topological polar surface area (TPSA) is 42.1 Å². The van der Waals surface area contributed by atoms with Gasteiger partial charge in [0.2, 0.25) is 0 Å². The Hall–Kier alpha value is -2.03. The first-order valence-electron chi connectivity index (χ1n) is 6.66. The lowest BCUT2D eigenvalue weighted by Crippen LogP contribution is -2.08. The maximum atomic E-state index is 12.1. The molecule has 0 saturated heterocycles. The van der Waals surface area contributed by atoms with Crippen molar-refractivity contribution >= 4 is 5.97 Å². The van der Waals surface area contributed by atoms with E-state index in [0.717, 1.165) is 24.0 Å². The zero-order valence-electron chi connectivity index (χ0n) is 11.4. The Bertz CT molecular complexity index is 543. The summed E-state index contributed by atoms with van der Waals surface area (Å²) in [7, 11) is 0. The second kappa shape index (κ2) is 6.23. The van der Waals surface area contributed by atoms with Crippen molar-refractivity contribution in [2.24, 2.45) is 0 Å². The molecule has 0 aliphatic rings. The number of aromatic nitrogens is 1. The molecule has 2 aromatic rings. The van der Waals surface area contributed by atoms with Crippen LogP contribution in [0.1, 0.15) is 41.0 Å². The fourth-order valence-electron chi connectivity index (χ4n) is 2.19. The number of carbonyl (C=O) groups is 1. The first-order chi connectivity index (χ1) is 9.26. The predicted octanol–water partition coefficient (Wildman–Crippen LogP) is 3.50. The quantitative estimate of drug-likeness (QED) is 0.833. The molecular formula is C16H19NO2. The van der Waals surface area contributed by atoms with Gasteiger partial charge in [0, 0.05) is 6.20 Å². The van der Waals surface area contributed by atoms with E-state index < -0.39 is 0 Å². The van der Waals surface area contributed by atoms with E-state index in [2.05, 4.69) is 18.8 Å². The molecule has 0 aliphatic heterocycles. The summed E-state index contributed by atoms with van der Waals surface area (Å²) in [6.45, 7) is 4.45. The van der Waals surface area contributed by atoms with Gasteiger partial charge in [-0.1, -0.05) is 44.2 Å². The molecule has 0 radical (unpaired) electrons. The van der Waals surface area contributed by atoms with E-state index in [1.54, 1.807) is 0 Å². The standard InChI is InChI=1S/C16H19NO2/c1-3-13-10-17-15(14(13)4-2)16(18)19-11-12-8-6-5-7-9-12/h5-10,17H,3-4,11H2,1-2H3. The van der Waals surface area contributed by atoms with Crippen molar-refractivity contribution in [1.29, 1.82) is 0 Å². The molecule has 0 spiro atoms. The van der Waals surface area contributed by atoms with Crippen LogP contribution in [0, 0.1) is 0 Å². The van der Waals surface area contributed by atoms with Gasteiger partial charge in [0.25, 0.3) is 0 Å². The molecule has 2 rings (SSSR count). The van der Waals surface area contributed by atoms with Crippen LogP contribution in [0.15, 0.2) is 36.5 Å². The smallest absolute Gasteiger partial charge is 0.355 e. The van der Waals surface area contributed by atoms with Crippen LogP contribution in [0.25, 0.3) is 0 Å². The highest BCUT2D eigenvalue weighted by atomic mass is 16.5. The number of aromatic amines is 1. The van der Waals surface area contributed by atoms with Gasteiger partial charge in [-0.2, -0.15) is 0 Å². The lowest BCUT2D eigenvalue weighted by Gasteiger charge is -2.06. The van der Waals surface area contributed by atoms with E-state index in [-0.39, 0.29) is 5.97 Å². The molecule has 0 unspecified atom stereocenters. The maximum Gasteiger partial charge on any atom is 0.355 e. The number of hydrogen-bond donors (Lipinski definition) is 1. The first-order valence-corrected chi connectivity index (χ1v) is 6.66. The van der Waals surface area contributed by atoms with Gasteiger partial charge in [0.1, 0.15) is 12.3 Å². The van der Waals surface area contributed by atoms with Crippen LogP contribution in [0.3, 0.4) is 0 Å². The number of benzene rings is 1. The molecule has 1 aromatic heterocycles. The molecule has 19 heavy (non-hydrogen) atoms. The third-order valence-corrected chi connectivity index (χ3v) is 3.23. The molecule has 3 heteroatoms. The molecule has 0 atom stereocenters. The lowest BCUT2D eigenvalue weighted by molar-refractivity contribution is 0.0465. The minimum atomic E-state index is -0.277. The predicted molar refractivity (Wildman–Crippen MR) is 75.1 cm³/mol. The fraction of sp³-hybridized carbons (Fsp3) is 0.312. The zero-order valence-corrected chi connectivity index (χ0v) is 11.4. The molecule has 1 aromatic carbocycles. The number of ether oxygens (including phenoxy) is 1. The van der Waals surface area contributed by atoms with Gasteiger partial charge in [-0.05, 0) is 29.5 Å². The Kier molecular flexibility index (Phi) is 4.39. The Balaban J connectivity index is 2.06. The van der Waals surface area contributed by atoms with Gasteiger partial charge in [-0.15, -0.1) is 0 Å². The van der Waals surface area contributed by atoms with Gasteiger partial charge in [0.15, 0.2) is 0 Å². The van der Waals surface area contributed by atoms with E-state index in [1.807, 2.05) is 36.5 Å². The first kappa shape index (κ1) is 13.4. The Morgan fingerprint density at radius 3 is 2.53 bits per heavy atom. The molecule has 0 aliphatic carbocycles. The number of aryl methyl sites for hydroxylation is 1. The van der Waals surface area contributed by atoms with Gasteiger partial charge < -0.3 is 9.72 Å². The van der Waals surface area contributed by atoms with E-state index in [1.165, 1.54) is 5.56 Å². The average molecular weight is 257 g/mol. The molecule has 3 nitrogen and oxygen atoms in total. The number of rotatable bonds is 5. The summed E-state index contributed by atoms with van der Waals surface area (Å²) in [5.41, 5.74) is 3.85. The minimum absolute atomic E-state index is 0.277. The van der Waals surface area contributed by atoms with Crippen LogP contribution in [-0.2, 0) is 24.2 Å². The van der Waals surface area contributed by atoms with Gasteiger partial charge in [-0.3, -0.25) is 0 Å². The SMILES string of the molecule is CCc1c[nH]c(C(=O)OCc2ccccc2)c1CC. The summed E-state index contributed by atoms with van der Waals surface area (Å²) in [4.78, 5) is 15.1. The highest BCUT2D eigenvalue weighted by Gasteiger charge is 2.16. The van der Waals surface area contributed by atoms with Crippen LogP contribution in [0.5, 0.6) is 0 Å². The van der Waals surface area contributed by atoms with Crippen LogP contribution in [0.2, 0.25) is 0 Å². The summed E-state index contributed by atoms with van der Waals surface area (Å²) in [5.74, 6) is -0.277. The molecule has 0 saturated carbocycles. The van der Waals surface area contributed by atoms with E-state index >= 15 is 0 Å². The fourth-order valence-corrected chi connectivity index (χ4v) is 2.19. The van der Waals surface area contributed by atoms with Crippen molar-refractivity contribution in [3.63, 3.8) is 0 Å². The number of nitrogens with one attached hydrogen (secondary N) is 1. The van der Waals surface area contributed by atoms with Crippen molar-refractivity contribution in [2.75, 3.05) is 0 Å². The van der Waals surface area contributed by atoms with Crippen LogP contribution in [0.4, 0.5) is 0 Å². The van der Waals surface area contributed by atoms with Gasteiger partial charge in [-0.25, -0.2) is 4.79 Å². The third-order valence-electron chi connectivity index (χ3n) is 3.23. The van der Waals surface area contributed by atoms with E-state index in [4.69, 9.17) is 4.74 Å². The van der Waals surface area contributed by atoms with Crippen molar-refractivity contribution < 1.29 is 9.53 Å². The monoisotopic (exact) mass is 257 g/mol. The number of carbonyl (C=O) groups excluding carboxylic acids is 1. The summed E-state index contributed by atoms with van der Waals surface area (Å²) >= 11 is 0. The van der Waals surface area contributed by atoms with Crippen molar-refractivity contribution in [3.8, 4) is 0 Å². The highest BCUT2D eigenvalue weighted by molar-refractivity contribution is 5.89. The lowest BCUT2D eigenvalue weighted by atomic mass is 10.1. The summed E-state index contributed by atoms with van der Waals surface area (Å²) < 4.78 is 5.34. The summed E-state index contributed by atoms with van der Waals surface area (Å²) in [5, 5.41) is 0. The van der Waals surface area contributed by atoms with Crippen molar-refractivity contribution in [1.82, 2.24) is 4.98 Å². The molecular weight excluding hydrogens is 238 g/mol. The number of hydrogen-bond acceptors (Lipinski definition) is 2. The van der Waals surface area contributed by atoms with E-state index in [0.29, 0.717) is 12.3 Å². The molecule has 0 fully saturated rings. The largest absolute Gasteiger partial charge is 0.456 e. The van der Waals surface area contributed by atoms with Crippen LogP contribution in [-0.4, -0.2) is 11.0 Å². The van der Waals surface area contributed by atoms with E-state index in [9.17, 15) is 4.79 Å². The molecule has 0 bridgehead atoms.